The largest absolute Gasteiger partial charge is 0.497 e. The maximum absolute atomic E-state index is 11.9. The maximum Gasteiger partial charge on any atom is 0.255 e. The summed E-state index contributed by atoms with van der Waals surface area (Å²) < 4.78 is 10.2. The molecule has 0 aromatic heterocycles. The Labute approximate surface area is 113 Å². The van der Waals surface area contributed by atoms with E-state index in [1.807, 2.05) is 6.92 Å². The van der Waals surface area contributed by atoms with Crippen molar-refractivity contribution in [1.29, 1.82) is 0 Å². The predicted octanol–water partition coefficient (Wildman–Crippen LogP) is 1.20. The summed E-state index contributed by atoms with van der Waals surface area (Å²) in [5, 5.41) is 2.77. The Bertz CT molecular complexity index is 399. The number of carbonyl (C=O) groups excluding carboxylic acids is 1. The Hall–Kier alpha value is -1.46. The lowest BCUT2D eigenvalue weighted by atomic mass is 10.1. The summed E-state index contributed by atoms with van der Waals surface area (Å²) in [6.45, 7) is 2.23. The second-order valence-corrected chi connectivity index (χ2v) is 3.68. The SMILES string of the molecule is COc1ccc(C(=O)N[C@H](C)CN)c(OC)c1.Cl. The minimum Gasteiger partial charge on any atom is -0.497 e. The van der Waals surface area contributed by atoms with Gasteiger partial charge in [-0.3, -0.25) is 4.79 Å². The van der Waals surface area contributed by atoms with Crippen LogP contribution >= 0.6 is 12.4 Å². The van der Waals surface area contributed by atoms with Gasteiger partial charge in [-0.15, -0.1) is 12.4 Å². The van der Waals surface area contributed by atoms with Gasteiger partial charge in [0.2, 0.25) is 0 Å². The average molecular weight is 275 g/mol. The smallest absolute Gasteiger partial charge is 0.255 e. The Morgan fingerprint density at radius 2 is 2.06 bits per heavy atom. The number of rotatable bonds is 5. The molecule has 1 atom stereocenters. The first-order valence-electron chi connectivity index (χ1n) is 5.35. The van der Waals surface area contributed by atoms with Gasteiger partial charge >= 0.3 is 0 Å². The highest BCUT2D eigenvalue weighted by Crippen LogP contribution is 2.24. The molecule has 0 saturated carbocycles. The summed E-state index contributed by atoms with van der Waals surface area (Å²) in [7, 11) is 3.07. The van der Waals surface area contributed by atoms with Crippen LogP contribution in [0, 0.1) is 0 Å². The van der Waals surface area contributed by atoms with Gasteiger partial charge in [-0.2, -0.15) is 0 Å². The summed E-state index contributed by atoms with van der Waals surface area (Å²) in [6, 6.07) is 4.97. The second kappa shape index (κ2) is 7.79. The van der Waals surface area contributed by atoms with Crippen LogP contribution in [0.1, 0.15) is 17.3 Å². The fraction of sp³-hybridized carbons (Fsp3) is 0.417. The quantitative estimate of drug-likeness (QED) is 0.846. The van der Waals surface area contributed by atoms with Crippen LogP contribution in [0.3, 0.4) is 0 Å². The third-order valence-corrected chi connectivity index (χ3v) is 2.38. The number of hydrogen-bond acceptors (Lipinski definition) is 4. The Balaban J connectivity index is 0.00000289. The van der Waals surface area contributed by atoms with Gasteiger partial charge in [0.05, 0.1) is 19.8 Å². The van der Waals surface area contributed by atoms with Crippen LogP contribution in [0.5, 0.6) is 11.5 Å². The highest BCUT2D eigenvalue weighted by Gasteiger charge is 2.14. The van der Waals surface area contributed by atoms with Crippen molar-refractivity contribution in [2.45, 2.75) is 13.0 Å². The molecule has 1 rings (SSSR count). The van der Waals surface area contributed by atoms with E-state index < -0.39 is 0 Å². The van der Waals surface area contributed by atoms with Gasteiger partial charge in [-0.25, -0.2) is 0 Å². The van der Waals surface area contributed by atoms with Crippen molar-refractivity contribution >= 4 is 18.3 Å². The van der Waals surface area contributed by atoms with E-state index in [4.69, 9.17) is 15.2 Å². The summed E-state index contributed by atoms with van der Waals surface area (Å²) in [5.41, 5.74) is 5.91. The molecule has 0 fully saturated rings. The lowest BCUT2D eigenvalue weighted by molar-refractivity contribution is 0.0938. The van der Waals surface area contributed by atoms with E-state index in [9.17, 15) is 4.79 Å². The Morgan fingerprint density at radius 1 is 1.39 bits per heavy atom. The topological polar surface area (TPSA) is 73.6 Å². The fourth-order valence-electron chi connectivity index (χ4n) is 1.35. The van der Waals surface area contributed by atoms with Crippen molar-refractivity contribution < 1.29 is 14.3 Å². The van der Waals surface area contributed by atoms with Gasteiger partial charge in [-0.1, -0.05) is 0 Å². The summed E-state index contributed by atoms with van der Waals surface area (Å²) in [4.78, 5) is 11.9. The van der Waals surface area contributed by atoms with Crippen molar-refractivity contribution in [2.24, 2.45) is 5.73 Å². The van der Waals surface area contributed by atoms with E-state index >= 15 is 0 Å². The highest BCUT2D eigenvalue weighted by atomic mass is 35.5. The molecular formula is C12H19ClN2O3. The van der Waals surface area contributed by atoms with E-state index in [1.54, 1.807) is 25.3 Å². The van der Waals surface area contributed by atoms with E-state index in [-0.39, 0.29) is 24.4 Å². The molecule has 5 nitrogen and oxygen atoms in total. The zero-order valence-electron chi connectivity index (χ0n) is 10.7. The lowest BCUT2D eigenvalue weighted by Crippen LogP contribution is -2.37. The number of nitrogens with two attached hydrogens (primary N) is 1. The highest BCUT2D eigenvalue weighted by molar-refractivity contribution is 5.97. The number of hydrogen-bond donors (Lipinski definition) is 2. The molecule has 0 aliphatic heterocycles. The first-order chi connectivity index (χ1) is 8.12. The average Bonchev–Trinajstić information content (AvgIpc) is 2.37. The molecule has 0 heterocycles. The van der Waals surface area contributed by atoms with Gasteiger partial charge in [-0.05, 0) is 19.1 Å². The summed E-state index contributed by atoms with van der Waals surface area (Å²) in [6.07, 6.45) is 0. The van der Waals surface area contributed by atoms with Crippen molar-refractivity contribution in [1.82, 2.24) is 5.32 Å². The number of ether oxygens (including phenoxy) is 2. The number of benzene rings is 1. The molecule has 1 aromatic rings. The molecule has 0 unspecified atom stereocenters. The zero-order chi connectivity index (χ0) is 12.8. The van der Waals surface area contributed by atoms with Gasteiger partial charge in [0.25, 0.3) is 5.91 Å². The molecule has 3 N–H and O–H groups in total. The van der Waals surface area contributed by atoms with Crippen LogP contribution in [0.2, 0.25) is 0 Å². The van der Waals surface area contributed by atoms with E-state index in [0.29, 0.717) is 23.6 Å². The minimum atomic E-state index is -0.206. The van der Waals surface area contributed by atoms with Crippen LogP contribution in [0.15, 0.2) is 18.2 Å². The van der Waals surface area contributed by atoms with E-state index in [2.05, 4.69) is 5.32 Å². The van der Waals surface area contributed by atoms with Gasteiger partial charge < -0.3 is 20.5 Å². The molecule has 1 aromatic carbocycles. The van der Waals surface area contributed by atoms with Crippen molar-refractivity contribution in [3.05, 3.63) is 23.8 Å². The maximum atomic E-state index is 11.9. The van der Waals surface area contributed by atoms with Crippen LogP contribution in [-0.2, 0) is 0 Å². The third kappa shape index (κ3) is 4.09. The predicted molar refractivity (Wildman–Crippen MR) is 72.8 cm³/mol. The first-order valence-corrected chi connectivity index (χ1v) is 5.35. The first kappa shape index (κ1) is 16.5. The third-order valence-electron chi connectivity index (χ3n) is 2.38. The molecule has 102 valence electrons. The van der Waals surface area contributed by atoms with Gasteiger partial charge in [0, 0.05) is 18.7 Å². The van der Waals surface area contributed by atoms with Crippen LogP contribution in [-0.4, -0.2) is 32.7 Å². The molecular weight excluding hydrogens is 256 g/mol. The fourth-order valence-corrected chi connectivity index (χ4v) is 1.35. The zero-order valence-corrected chi connectivity index (χ0v) is 11.5. The van der Waals surface area contributed by atoms with E-state index in [1.165, 1.54) is 7.11 Å². The second-order valence-electron chi connectivity index (χ2n) is 3.68. The number of methoxy groups -OCH3 is 2. The van der Waals surface area contributed by atoms with Crippen molar-refractivity contribution in [3.8, 4) is 11.5 Å². The molecule has 0 aliphatic rings. The number of amides is 1. The summed E-state index contributed by atoms with van der Waals surface area (Å²) in [5.74, 6) is 0.916. The number of nitrogens with one attached hydrogen (secondary N) is 1. The van der Waals surface area contributed by atoms with Gasteiger partial charge in [0.1, 0.15) is 11.5 Å². The Morgan fingerprint density at radius 3 is 2.56 bits per heavy atom. The molecule has 0 saturated heterocycles. The molecule has 18 heavy (non-hydrogen) atoms. The normalized spacial score (nSPS) is 11.1. The van der Waals surface area contributed by atoms with E-state index in [0.717, 1.165) is 0 Å². The molecule has 6 heteroatoms. The molecule has 0 bridgehead atoms. The van der Waals surface area contributed by atoms with Gasteiger partial charge in [0.15, 0.2) is 0 Å². The monoisotopic (exact) mass is 274 g/mol. The molecule has 0 spiro atoms. The Kier molecular flexibility index (Phi) is 7.16. The number of halogens is 1. The lowest BCUT2D eigenvalue weighted by Gasteiger charge is -2.14. The molecule has 1 amide bonds. The van der Waals surface area contributed by atoms with Crippen molar-refractivity contribution in [2.75, 3.05) is 20.8 Å². The molecule has 0 radical (unpaired) electrons. The van der Waals surface area contributed by atoms with Crippen molar-refractivity contribution in [3.63, 3.8) is 0 Å². The summed E-state index contributed by atoms with van der Waals surface area (Å²) >= 11 is 0. The van der Waals surface area contributed by atoms with Crippen LogP contribution < -0.4 is 20.5 Å². The molecule has 0 aliphatic carbocycles. The van der Waals surface area contributed by atoms with Crippen LogP contribution in [0.4, 0.5) is 0 Å². The standard InChI is InChI=1S/C12H18N2O3.ClH/c1-8(7-13)14-12(15)10-5-4-9(16-2)6-11(10)17-3;/h4-6,8H,7,13H2,1-3H3,(H,14,15);1H/t8-;/m1./s1. The van der Waals surface area contributed by atoms with Crippen LogP contribution in [0.25, 0.3) is 0 Å². The minimum absolute atomic E-state index is 0. The number of carbonyl (C=O) groups is 1.